The lowest BCUT2D eigenvalue weighted by molar-refractivity contribution is -0.143. The van der Waals surface area contributed by atoms with Gasteiger partial charge in [-0.1, -0.05) is 87.8 Å². The van der Waals surface area contributed by atoms with Crippen molar-refractivity contribution >= 4 is 46.1 Å². The second kappa shape index (κ2) is 23.4. The summed E-state index contributed by atoms with van der Waals surface area (Å²) in [6, 6.07) is 18.1. The van der Waals surface area contributed by atoms with Crippen LogP contribution in [-0.2, 0) is 48.0 Å². The predicted molar refractivity (Wildman–Crippen MR) is 239 cm³/mol. The third kappa shape index (κ3) is 13.1. The molecular formula is C48H64N6O8. The summed E-state index contributed by atoms with van der Waals surface area (Å²) in [7, 11) is 2.74. The fourth-order valence-electron chi connectivity index (χ4n) is 8.09. The normalized spacial score (nSPS) is 22.9. The molecule has 4 amide bonds. The zero-order chi connectivity index (χ0) is 46.1. The summed E-state index contributed by atoms with van der Waals surface area (Å²) >= 11 is 0. The summed E-state index contributed by atoms with van der Waals surface area (Å²) in [5.74, 6) is -5.32. The number of nitrogens with zero attached hydrogens (tertiary/aromatic N) is 1. The van der Waals surface area contributed by atoms with Crippen LogP contribution in [0.5, 0.6) is 5.75 Å². The second-order valence-corrected chi connectivity index (χ2v) is 16.2. The highest BCUT2D eigenvalue weighted by atomic mass is 16.3. The summed E-state index contributed by atoms with van der Waals surface area (Å²) in [5.41, 5.74) is 8.77. The molecule has 0 unspecified atom stereocenters. The van der Waals surface area contributed by atoms with Crippen LogP contribution >= 0.6 is 0 Å². The van der Waals surface area contributed by atoms with Crippen molar-refractivity contribution in [3.8, 4) is 5.75 Å². The van der Waals surface area contributed by atoms with Crippen LogP contribution in [0.1, 0.15) is 84.3 Å². The van der Waals surface area contributed by atoms with Crippen molar-refractivity contribution in [2.24, 2.45) is 17.6 Å². The molecule has 1 saturated heterocycles. The number of aliphatic hydroxyl groups excluding tert-OH is 1. The number of nitrogens with one attached hydrogen (secondary N) is 4. The van der Waals surface area contributed by atoms with Crippen LogP contribution in [-0.4, -0.2) is 99.2 Å². The van der Waals surface area contributed by atoms with E-state index in [4.69, 9.17) is 7.10 Å². The molecule has 1 aromatic heterocycles. The summed E-state index contributed by atoms with van der Waals surface area (Å²) in [4.78, 5) is 91.0. The molecule has 5 rings (SSSR count). The minimum Gasteiger partial charge on any atom is -0.508 e. The number of amides is 4. The predicted octanol–water partition coefficient (Wildman–Crippen LogP) is 4.29. The monoisotopic (exact) mass is 853 g/mol. The number of likely N-dealkylation sites (N-methyl/N-ethyl adjacent to an activating group) is 1. The van der Waals surface area contributed by atoms with Gasteiger partial charge in [0.25, 0.3) is 0 Å². The largest absolute Gasteiger partial charge is 0.508 e. The highest BCUT2D eigenvalue weighted by Gasteiger charge is 2.38. The van der Waals surface area contributed by atoms with Gasteiger partial charge in [0.1, 0.15) is 17.8 Å². The SMILES string of the molecule is CCC[C@H]1C(=O)C[C@@H](Cc2ccc(O)cc2)C(=O)N[C@H](Cc2c[nH]c3ccccc23)C(=O)C[C@@H](CCCCN)C(=O)N[C@@H]([C@@H](C)O)C(=O)N[C@@H](Cc2ccccc2)C(=O)N1C.[2H]C. The number of para-hydroxylation sites is 1. The first kappa shape index (κ1) is 47.2. The highest BCUT2D eigenvalue weighted by Crippen LogP contribution is 2.25. The Labute approximate surface area is 365 Å². The number of aromatic hydroxyl groups is 1. The van der Waals surface area contributed by atoms with E-state index in [-0.39, 0.29) is 56.5 Å². The fourth-order valence-corrected chi connectivity index (χ4v) is 8.09. The summed E-state index contributed by atoms with van der Waals surface area (Å²) in [5, 5.41) is 30.2. The lowest BCUT2D eigenvalue weighted by atomic mass is 9.87. The van der Waals surface area contributed by atoms with E-state index in [1.165, 1.54) is 38.4 Å². The number of ketones is 2. The minimum atomic E-state index is -1.50. The molecule has 1 aliphatic heterocycles. The lowest BCUT2D eigenvalue weighted by Gasteiger charge is -2.33. The van der Waals surface area contributed by atoms with Crippen molar-refractivity contribution in [1.29, 1.82) is 0 Å². The molecule has 14 heteroatoms. The van der Waals surface area contributed by atoms with Gasteiger partial charge in [0, 0.05) is 63.0 Å². The van der Waals surface area contributed by atoms with Crippen LogP contribution in [0.2, 0.25) is 0 Å². The summed E-state index contributed by atoms with van der Waals surface area (Å²) in [6.07, 6.45) is 2.05. The number of benzene rings is 3. The van der Waals surface area contributed by atoms with Crippen LogP contribution < -0.4 is 21.7 Å². The van der Waals surface area contributed by atoms with Gasteiger partial charge in [0.15, 0.2) is 11.6 Å². The molecule has 0 saturated carbocycles. The van der Waals surface area contributed by atoms with Gasteiger partial charge >= 0.3 is 0 Å². The Balaban J connectivity index is 0.00000429. The molecule has 4 aromatic rings. The van der Waals surface area contributed by atoms with Gasteiger partial charge in [-0.2, -0.15) is 0 Å². The fraction of sp³-hybridized carbons (Fsp3) is 0.458. The number of H-pyrrole nitrogens is 1. The summed E-state index contributed by atoms with van der Waals surface area (Å²) < 4.78 is 5.75. The number of phenols is 1. The lowest BCUT2D eigenvalue weighted by Crippen LogP contribution is -2.59. The van der Waals surface area contributed by atoms with Gasteiger partial charge < -0.3 is 41.8 Å². The molecule has 62 heavy (non-hydrogen) atoms. The first-order chi connectivity index (χ1) is 30.3. The van der Waals surface area contributed by atoms with Crippen LogP contribution in [0.25, 0.3) is 10.9 Å². The molecule has 1 aliphatic rings. The first-order valence-electron chi connectivity index (χ1n) is 22.3. The third-order valence-corrected chi connectivity index (χ3v) is 11.6. The van der Waals surface area contributed by atoms with Crippen molar-refractivity contribution in [2.45, 2.75) is 116 Å². The average molecular weight is 854 g/mol. The number of Topliss-reactive ketones (excluding diaryl/α,β-unsaturated/α-hetero) is 2. The molecule has 0 radical (unpaired) electrons. The van der Waals surface area contributed by atoms with Gasteiger partial charge in [0.2, 0.25) is 23.6 Å². The maximum atomic E-state index is 14.6. The molecule has 334 valence electrons. The average Bonchev–Trinajstić information content (AvgIpc) is 3.69. The van der Waals surface area contributed by atoms with E-state index >= 15 is 0 Å². The van der Waals surface area contributed by atoms with Crippen LogP contribution in [0.3, 0.4) is 0 Å². The Hall–Kier alpha value is -5.86. The second-order valence-electron chi connectivity index (χ2n) is 16.2. The van der Waals surface area contributed by atoms with E-state index in [0.717, 1.165) is 22.0 Å². The van der Waals surface area contributed by atoms with Crippen molar-refractivity contribution in [2.75, 3.05) is 13.6 Å². The Bertz CT molecular complexity index is 2130. The number of phenolic OH excluding ortho intramolecular Hbond substituents is 1. The smallest absolute Gasteiger partial charge is 0.245 e. The Morgan fingerprint density at radius 3 is 2.06 bits per heavy atom. The van der Waals surface area contributed by atoms with E-state index in [9.17, 15) is 39.0 Å². The van der Waals surface area contributed by atoms with Gasteiger partial charge in [-0.05, 0) is 74.0 Å². The van der Waals surface area contributed by atoms with Crippen LogP contribution in [0.4, 0.5) is 0 Å². The number of hydrogen-bond donors (Lipinski definition) is 7. The van der Waals surface area contributed by atoms with Crippen molar-refractivity contribution in [3.05, 3.63) is 102 Å². The summed E-state index contributed by atoms with van der Waals surface area (Å²) in [6.45, 7) is 3.58. The van der Waals surface area contributed by atoms with Crippen molar-refractivity contribution in [3.63, 3.8) is 0 Å². The maximum absolute atomic E-state index is 14.6. The number of hydrogen-bond acceptors (Lipinski definition) is 9. The maximum Gasteiger partial charge on any atom is 0.245 e. The number of aliphatic hydroxyl groups is 1. The van der Waals surface area contributed by atoms with Gasteiger partial charge in [-0.15, -0.1) is 0 Å². The molecule has 3 aromatic carbocycles. The van der Waals surface area contributed by atoms with Crippen LogP contribution in [0, 0.1) is 11.8 Å². The number of aromatic amines is 1. The molecule has 0 aliphatic carbocycles. The first-order valence-corrected chi connectivity index (χ1v) is 21.3. The number of aromatic nitrogens is 1. The Morgan fingerprint density at radius 2 is 1.39 bits per heavy atom. The quantitative estimate of drug-likeness (QED) is 0.0952. The molecule has 7 atom stereocenters. The van der Waals surface area contributed by atoms with Gasteiger partial charge in [-0.3, -0.25) is 28.8 Å². The molecular weight excluding hydrogens is 789 g/mol. The number of nitrogens with two attached hydrogens (primary N) is 1. The van der Waals surface area contributed by atoms with E-state index in [0.29, 0.717) is 31.4 Å². The third-order valence-electron chi connectivity index (χ3n) is 11.6. The zero-order valence-corrected chi connectivity index (χ0v) is 36.3. The standard InChI is InChI=1S/C47H60N6O8.CH4/c1-4-12-40-42(57)27-33(23-31-18-20-35(55)21-19-31)45(59)50-38(25-34-28-49-37-17-9-8-16-36(34)37)41(56)26-32(15-10-11-22-48)44(58)52-43(29(2)54)46(60)51-39(47(61)53(40)3)24-30-13-6-5-7-14-30;/h5-9,13-14,16-21,28-29,32-33,38-40,43,49,54-55H,4,10-12,15,22-27,48H2,1-3H3,(H,50,59)(H,51,60)(H,52,58);1H4/t29-,32-,33-,38-,39+,40+,43+;/m1./s1/i;1D. The zero-order valence-electron chi connectivity index (χ0n) is 37.3. The Kier molecular flexibility index (Phi) is 17.8. The Morgan fingerprint density at radius 1 is 0.758 bits per heavy atom. The minimum absolute atomic E-state index is 0.0310. The van der Waals surface area contributed by atoms with Gasteiger partial charge in [-0.25, -0.2) is 0 Å². The van der Waals surface area contributed by atoms with E-state index in [1.54, 1.807) is 42.6 Å². The van der Waals surface area contributed by atoms with E-state index in [1.807, 2.05) is 37.3 Å². The number of unbranched alkanes of at least 4 members (excludes halogenated alkanes) is 1. The van der Waals surface area contributed by atoms with Crippen molar-refractivity contribution < 1.29 is 40.4 Å². The topological polar surface area (TPSA) is 224 Å². The number of carbonyl (C=O) groups is 6. The number of rotatable bonds is 13. The molecule has 0 bridgehead atoms. The van der Waals surface area contributed by atoms with Crippen LogP contribution in [0.15, 0.2) is 85.1 Å². The number of fused-ring (bicyclic) bond motifs is 1. The molecule has 14 nitrogen and oxygen atoms in total. The highest BCUT2D eigenvalue weighted by molar-refractivity contribution is 5.98. The number of carbonyl (C=O) groups excluding carboxylic acids is 6. The molecule has 2 heterocycles. The van der Waals surface area contributed by atoms with Gasteiger partial charge in [0.05, 0.1) is 18.2 Å². The molecule has 0 spiro atoms. The molecule has 1 fully saturated rings. The van der Waals surface area contributed by atoms with Crippen molar-refractivity contribution in [1.82, 2.24) is 25.8 Å². The molecule has 8 N–H and O–H groups in total. The van der Waals surface area contributed by atoms with E-state index in [2.05, 4.69) is 20.9 Å². The van der Waals surface area contributed by atoms with E-state index < -0.39 is 71.5 Å².